The van der Waals surface area contributed by atoms with Crippen LogP contribution in [0.1, 0.15) is 22.9 Å². The Bertz CT molecular complexity index is 917. The largest absolute Gasteiger partial charge is 0.340 e. The van der Waals surface area contributed by atoms with Crippen molar-refractivity contribution in [2.24, 2.45) is 0 Å². The minimum absolute atomic E-state index is 0.0202. The van der Waals surface area contributed by atoms with E-state index in [1.165, 1.54) is 18.2 Å². The fourth-order valence-electron chi connectivity index (χ4n) is 2.62. The van der Waals surface area contributed by atoms with Gasteiger partial charge in [0, 0.05) is 24.4 Å². The summed E-state index contributed by atoms with van der Waals surface area (Å²) in [4.78, 5) is 27.2. The molecule has 134 valence electrons. The van der Waals surface area contributed by atoms with Gasteiger partial charge in [-0.2, -0.15) is 0 Å². The summed E-state index contributed by atoms with van der Waals surface area (Å²) in [6, 6.07) is 20.8. The highest BCUT2D eigenvalue weighted by molar-refractivity contribution is 5.92. The first-order valence-electron chi connectivity index (χ1n) is 8.32. The van der Waals surface area contributed by atoms with E-state index in [1.54, 1.807) is 24.4 Å². The maximum atomic E-state index is 12.4. The maximum absolute atomic E-state index is 12.4. The zero-order valence-corrected chi connectivity index (χ0v) is 14.4. The number of rotatable bonds is 6. The zero-order chi connectivity index (χ0) is 19.1. The van der Waals surface area contributed by atoms with Gasteiger partial charge in [-0.15, -0.1) is 0 Å². The van der Waals surface area contributed by atoms with E-state index in [0.717, 1.165) is 11.3 Å². The van der Waals surface area contributed by atoms with Crippen molar-refractivity contribution in [2.75, 3.05) is 0 Å². The summed E-state index contributed by atoms with van der Waals surface area (Å²) in [6.07, 6.45) is 4.58. The molecule has 0 radical (unpaired) electrons. The monoisotopic (exact) mass is 359 g/mol. The number of nitrogens with one attached hydrogen (secondary N) is 1. The molecule has 0 bridgehead atoms. The van der Waals surface area contributed by atoms with Crippen molar-refractivity contribution in [3.8, 4) is 0 Å². The van der Waals surface area contributed by atoms with Gasteiger partial charge in [0.15, 0.2) is 0 Å². The van der Waals surface area contributed by atoms with E-state index in [2.05, 4.69) is 10.3 Å². The number of benzene rings is 2. The van der Waals surface area contributed by atoms with Crippen LogP contribution in [0.4, 0.5) is 5.69 Å². The fraction of sp³-hybridized carbons (Fsp3) is 0.0476. The minimum Gasteiger partial charge on any atom is -0.340 e. The molecule has 0 spiro atoms. The van der Waals surface area contributed by atoms with E-state index < -0.39 is 11.0 Å². The fourth-order valence-corrected chi connectivity index (χ4v) is 2.62. The van der Waals surface area contributed by atoms with Crippen molar-refractivity contribution < 1.29 is 9.72 Å². The SMILES string of the molecule is O=C(/C=C/c1cccc([N+](=O)[O-])c1)NC(c1ccccc1)c1ccccn1. The van der Waals surface area contributed by atoms with Crippen LogP contribution in [0.3, 0.4) is 0 Å². The summed E-state index contributed by atoms with van der Waals surface area (Å²) < 4.78 is 0. The van der Waals surface area contributed by atoms with Crippen molar-refractivity contribution in [3.63, 3.8) is 0 Å². The normalized spacial score (nSPS) is 11.9. The lowest BCUT2D eigenvalue weighted by Crippen LogP contribution is -2.28. The van der Waals surface area contributed by atoms with Gasteiger partial charge >= 0.3 is 0 Å². The Balaban J connectivity index is 1.79. The first-order chi connectivity index (χ1) is 13.1. The van der Waals surface area contributed by atoms with Crippen LogP contribution < -0.4 is 5.32 Å². The molecule has 27 heavy (non-hydrogen) atoms. The van der Waals surface area contributed by atoms with E-state index in [0.29, 0.717) is 5.56 Å². The Morgan fingerprint density at radius 2 is 1.81 bits per heavy atom. The van der Waals surface area contributed by atoms with Gasteiger partial charge in [-0.05, 0) is 29.3 Å². The number of nitro groups is 1. The number of carbonyl (C=O) groups excluding carboxylic acids is 1. The molecule has 0 fully saturated rings. The molecule has 0 aliphatic heterocycles. The van der Waals surface area contributed by atoms with Crippen LogP contribution in [-0.2, 0) is 4.79 Å². The lowest BCUT2D eigenvalue weighted by Gasteiger charge is -2.17. The predicted octanol–water partition coefficient (Wildman–Crippen LogP) is 3.91. The molecule has 6 heteroatoms. The Morgan fingerprint density at radius 1 is 1.04 bits per heavy atom. The number of aromatic nitrogens is 1. The summed E-state index contributed by atoms with van der Waals surface area (Å²) >= 11 is 0. The summed E-state index contributed by atoms with van der Waals surface area (Å²) in [5.74, 6) is -0.319. The lowest BCUT2D eigenvalue weighted by molar-refractivity contribution is -0.384. The first-order valence-corrected chi connectivity index (χ1v) is 8.32. The van der Waals surface area contributed by atoms with Gasteiger partial charge in [-0.1, -0.05) is 48.5 Å². The molecule has 0 saturated carbocycles. The number of carbonyl (C=O) groups is 1. The van der Waals surface area contributed by atoms with Crippen molar-refractivity contribution in [1.82, 2.24) is 10.3 Å². The van der Waals surface area contributed by atoms with Crippen molar-refractivity contribution in [1.29, 1.82) is 0 Å². The number of hydrogen-bond donors (Lipinski definition) is 1. The van der Waals surface area contributed by atoms with Crippen LogP contribution in [0, 0.1) is 10.1 Å². The molecule has 1 aromatic heterocycles. The first kappa shape index (κ1) is 18.0. The van der Waals surface area contributed by atoms with Crippen molar-refractivity contribution in [3.05, 3.63) is 112 Å². The number of amides is 1. The van der Waals surface area contributed by atoms with Crippen molar-refractivity contribution >= 4 is 17.7 Å². The number of nitrogens with zero attached hydrogens (tertiary/aromatic N) is 2. The van der Waals surface area contributed by atoms with Gasteiger partial charge in [0.2, 0.25) is 5.91 Å². The number of non-ortho nitro benzene ring substituents is 1. The number of nitro benzene ring substituents is 1. The van der Waals surface area contributed by atoms with Crippen LogP contribution in [-0.4, -0.2) is 15.8 Å². The molecular formula is C21H17N3O3. The minimum atomic E-state index is -0.468. The topological polar surface area (TPSA) is 85.1 Å². The van der Waals surface area contributed by atoms with Crippen LogP contribution in [0.25, 0.3) is 6.08 Å². The molecule has 0 aliphatic rings. The smallest absolute Gasteiger partial charge is 0.270 e. The van der Waals surface area contributed by atoms with E-state index in [-0.39, 0.29) is 11.6 Å². The second kappa shape index (κ2) is 8.53. The van der Waals surface area contributed by atoms with Crippen LogP contribution in [0.5, 0.6) is 0 Å². The molecule has 1 N–H and O–H groups in total. The maximum Gasteiger partial charge on any atom is 0.270 e. The Hall–Kier alpha value is -3.80. The highest BCUT2D eigenvalue weighted by Crippen LogP contribution is 2.20. The highest BCUT2D eigenvalue weighted by Gasteiger charge is 2.16. The molecule has 0 aliphatic carbocycles. The number of pyridine rings is 1. The molecule has 1 atom stereocenters. The third kappa shape index (κ3) is 4.85. The summed E-state index contributed by atoms with van der Waals surface area (Å²) in [6.45, 7) is 0. The molecule has 2 aromatic carbocycles. The van der Waals surface area contributed by atoms with Crippen LogP contribution >= 0.6 is 0 Å². The van der Waals surface area contributed by atoms with E-state index in [9.17, 15) is 14.9 Å². The molecular weight excluding hydrogens is 342 g/mol. The van der Waals surface area contributed by atoms with Crippen molar-refractivity contribution in [2.45, 2.75) is 6.04 Å². The Kier molecular flexibility index (Phi) is 5.69. The average molecular weight is 359 g/mol. The third-order valence-electron chi connectivity index (χ3n) is 3.91. The van der Waals surface area contributed by atoms with E-state index in [1.807, 2.05) is 48.5 Å². The van der Waals surface area contributed by atoms with E-state index in [4.69, 9.17) is 0 Å². The van der Waals surface area contributed by atoms with Gasteiger partial charge in [-0.3, -0.25) is 19.9 Å². The van der Waals surface area contributed by atoms with Gasteiger partial charge in [0.05, 0.1) is 16.7 Å². The molecule has 1 amide bonds. The summed E-state index contributed by atoms with van der Waals surface area (Å²) in [5, 5.41) is 13.8. The molecule has 3 rings (SSSR count). The van der Waals surface area contributed by atoms with Crippen LogP contribution in [0.2, 0.25) is 0 Å². The quantitative estimate of drug-likeness (QED) is 0.411. The molecule has 3 aromatic rings. The molecule has 1 unspecified atom stereocenters. The Morgan fingerprint density at radius 3 is 2.52 bits per heavy atom. The van der Waals surface area contributed by atoms with E-state index >= 15 is 0 Å². The molecule has 0 saturated heterocycles. The zero-order valence-electron chi connectivity index (χ0n) is 14.4. The van der Waals surface area contributed by atoms with Gasteiger partial charge < -0.3 is 5.32 Å². The van der Waals surface area contributed by atoms with Gasteiger partial charge in [0.25, 0.3) is 5.69 Å². The number of hydrogen-bond acceptors (Lipinski definition) is 4. The molecule has 6 nitrogen and oxygen atoms in total. The van der Waals surface area contributed by atoms with Gasteiger partial charge in [-0.25, -0.2) is 0 Å². The van der Waals surface area contributed by atoms with Gasteiger partial charge in [0.1, 0.15) is 0 Å². The van der Waals surface area contributed by atoms with Crippen LogP contribution in [0.15, 0.2) is 85.1 Å². The third-order valence-corrected chi connectivity index (χ3v) is 3.91. The second-order valence-corrected chi connectivity index (χ2v) is 5.79. The summed E-state index contributed by atoms with van der Waals surface area (Å²) in [7, 11) is 0. The second-order valence-electron chi connectivity index (χ2n) is 5.79. The average Bonchev–Trinajstić information content (AvgIpc) is 2.72. The predicted molar refractivity (Wildman–Crippen MR) is 103 cm³/mol. The molecule has 1 heterocycles. The standard InChI is InChI=1S/C21H17N3O3/c25-20(13-12-16-7-6-10-18(15-16)24(26)27)23-21(17-8-2-1-3-9-17)19-11-4-5-14-22-19/h1-15,21H,(H,23,25)/b13-12+. The summed E-state index contributed by atoms with van der Waals surface area (Å²) in [5.41, 5.74) is 2.19. The Labute approximate surface area is 156 Å². The lowest BCUT2D eigenvalue weighted by atomic mass is 10.0. The highest BCUT2D eigenvalue weighted by atomic mass is 16.6.